The standard InChI is InChI=1S/C28H28S/c1-4-5-6-18-26-27(23-15-8-10-17-25(23)29-26)22-14-11-13-21-12-7-9-16-24(21)28(2,3)20-19-22/h4-12,14-19H,13,20H2,1-3H3/b5-4+,14-11-,18-6+,22-19+. The molecule has 0 N–H and O–H groups in total. The van der Waals surface area contributed by atoms with Crippen molar-refractivity contribution in [1.29, 1.82) is 0 Å². The molecule has 4 rings (SSSR count). The summed E-state index contributed by atoms with van der Waals surface area (Å²) < 4.78 is 1.35. The number of thiophene rings is 1. The SMILES string of the molecule is C/C=C/C=C/c1sc2ccccc2c1C1=C/CC(C)(C)c2ccccc2C/C=C\1. The highest BCUT2D eigenvalue weighted by Gasteiger charge is 2.23. The molecular weight excluding hydrogens is 368 g/mol. The third kappa shape index (κ3) is 4.06. The number of hydrogen-bond donors (Lipinski definition) is 0. The van der Waals surface area contributed by atoms with Crippen molar-refractivity contribution in [2.75, 3.05) is 0 Å². The largest absolute Gasteiger partial charge is 0.135 e. The lowest BCUT2D eigenvalue weighted by Crippen LogP contribution is -2.18. The van der Waals surface area contributed by atoms with Crippen LogP contribution in [0.2, 0.25) is 0 Å². The van der Waals surface area contributed by atoms with Crippen LogP contribution in [0.4, 0.5) is 0 Å². The molecule has 0 saturated heterocycles. The van der Waals surface area contributed by atoms with Crippen LogP contribution in [0.3, 0.4) is 0 Å². The summed E-state index contributed by atoms with van der Waals surface area (Å²) in [6.07, 6.45) is 17.7. The summed E-state index contributed by atoms with van der Waals surface area (Å²) in [5.41, 5.74) is 5.71. The van der Waals surface area contributed by atoms with Crippen LogP contribution in [0.5, 0.6) is 0 Å². The first kappa shape index (κ1) is 19.7. The van der Waals surface area contributed by atoms with Gasteiger partial charge in [-0.05, 0) is 54.0 Å². The molecule has 1 heterocycles. The molecule has 0 radical (unpaired) electrons. The fraction of sp³-hybridized carbons (Fsp3) is 0.214. The van der Waals surface area contributed by atoms with Crippen molar-refractivity contribution in [1.82, 2.24) is 0 Å². The van der Waals surface area contributed by atoms with E-state index < -0.39 is 0 Å². The molecule has 0 unspecified atom stereocenters. The summed E-state index contributed by atoms with van der Waals surface area (Å²) >= 11 is 1.88. The highest BCUT2D eigenvalue weighted by atomic mass is 32.1. The molecule has 1 heteroatoms. The first-order chi connectivity index (χ1) is 14.1. The second-order valence-corrected chi connectivity index (χ2v) is 9.32. The number of rotatable bonds is 3. The van der Waals surface area contributed by atoms with Gasteiger partial charge in [0.15, 0.2) is 0 Å². The topological polar surface area (TPSA) is 0 Å². The quantitative estimate of drug-likeness (QED) is 0.390. The number of hydrogen-bond acceptors (Lipinski definition) is 1. The first-order valence-electron chi connectivity index (χ1n) is 10.4. The van der Waals surface area contributed by atoms with Crippen molar-refractivity contribution in [2.24, 2.45) is 0 Å². The van der Waals surface area contributed by atoms with Gasteiger partial charge >= 0.3 is 0 Å². The molecule has 0 amide bonds. The van der Waals surface area contributed by atoms with Crippen LogP contribution in [0.15, 0.2) is 85.0 Å². The lowest BCUT2D eigenvalue weighted by molar-refractivity contribution is 0.530. The molecule has 1 aliphatic carbocycles. The molecule has 0 saturated carbocycles. The van der Waals surface area contributed by atoms with E-state index in [0.717, 1.165) is 12.8 Å². The second-order valence-electron chi connectivity index (χ2n) is 8.23. The van der Waals surface area contributed by atoms with Crippen molar-refractivity contribution in [3.8, 4) is 0 Å². The second kappa shape index (κ2) is 8.39. The van der Waals surface area contributed by atoms with E-state index in [9.17, 15) is 0 Å². The maximum atomic E-state index is 2.44. The lowest BCUT2D eigenvalue weighted by Gasteiger charge is -2.26. The molecule has 1 aliphatic rings. The van der Waals surface area contributed by atoms with E-state index in [1.54, 1.807) is 0 Å². The van der Waals surface area contributed by atoms with Crippen LogP contribution in [0, 0.1) is 0 Å². The number of allylic oxidation sites excluding steroid dienone is 7. The molecule has 0 spiro atoms. The molecular formula is C28H28S. The average molecular weight is 397 g/mol. The van der Waals surface area contributed by atoms with Gasteiger partial charge in [0.25, 0.3) is 0 Å². The van der Waals surface area contributed by atoms with Gasteiger partial charge in [-0.25, -0.2) is 0 Å². The third-order valence-corrected chi connectivity index (χ3v) is 6.81. The predicted molar refractivity (Wildman–Crippen MR) is 131 cm³/mol. The zero-order chi connectivity index (χ0) is 20.3. The molecule has 146 valence electrons. The van der Waals surface area contributed by atoms with E-state index in [4.69, 9.17) is 0 Å². The Bertz CT molecular complexity index is 1130. The van der Waals surface area contributed by atoms with Gasteiger partial charge < -0.3 is 0 Å². The summed E-state index contributed by atoms with van der Waals surface area (Å²) in [5, 5.41) is 1.35. The minimum atomic E-state index is 0.112. The van der Waals surface area contributed by atoms with Gasteiger partial charge in [0.2, 0.25) is 0 Å². The Labute approximate surface area is 178 Å². The minimum Gasteiger partial charge on any atom is -0.135 e. The van der Waals surface area contributed by atoms with E-state index in [0.29, 0.717) is 0 Å². The molecule has 0 bridgehead atoms. The summed E-state index contributed by atoms with van der Waals surface area (Å²) in [5.74, 6) is 0. The molecule has 1 aromatic heterocycles. The molecule has 0 aliphatic heterocycles. The molecule has 2 aromatic carbocycles. The van der Waals surface area contributed by atoms with Crippen molar-refractivity contribution in [2.45, 2.75) is 39.0 Å². The summed E-state index contributed by atoms with van der Waals surface area (Å²) in [4.78, 5) is 1.33. The Balaban J connectivity index is 1.85. The minimum absolute atomic E-state index is 0.112. The van der Waals surface area contributed by atoms with Gasteiger partial charge in [0.05, 0.1) is 0 Å². The molecule has 0 fully saturated rings. The van der Waals surface area contributed by atoms with Crippen molar-refractivity contribution < 1.29 is 0 Å². The first-order valence-corrected chi connectivity index (χ1v) is 11.2. The van der Waals surface area contributed by atoms with Crippen LogP contribution < -0.4 is 0 Å². The Morgan fingerprint density at radius 2 is 1.76 bits per heavy atom. The molecule has 29 heavy (non-hydrogen) atoms. The lowest BCUT2D eigenvalue weighted by atomic mass is 9.78. The summed E-state index contributed by atoms with van der Waals surface area (Å²) in [7, 11) is 0. The van der Waals surface area contributed by atoms with E-state index >= 15 is 0 Å². The van der Waals surface area contributed by atoms with E-state index in [-0.39, 0.29) is 5.41 Å². The van der Waals surface area contributed by atoms with Gasteiger partial charge in [-0.1, -0.05) is 92.8 Å². The zero-order valence-corrected chi connectivity index (χ0v) is 18.3. The smallest absolute Gasteiger partial charge is 0.0361 e. The Kier molecular flexibility index (Phi) is 5.69. The van der Waals surface area contributed by atoms with Crippen LogP contribution in [0.25, 0.3) is 21.7 Å². The van der Waals surface area contributed by atoms with Gasteiger partial charge in [-0.15, -0.1) is 11.3 Å². The predicted octanol–water partition coefficient (Wildman–Crippen LogP) is 8.35. The van der Waals surface area contributed by atoms with Gasteiger partial charge in [0, 0.05) is 20.5 Å². The number of benzene rings is 2. The van der Waals surface area contributed by atoms with Crippen LogP contribution >= 0.6 is 11.3 Å². The van der Waals surface area contributed by atoms with Crippen molar-refractivity contribution >= 4 is 33.1 Å². The normalized spacial score (nSPS) is 19.5. The van der Waals surface area contributed by atoms with E-state index in [1.165, 1.54) is 37.2 Å². The Morgan fingerprint density at radius 1 is 0.966 bits per heavy atom. The van der Waals surface area contributed by atoms with Crippen LogP contribution in [-0.4, -0.2) is 0 Å². The molecule has 3 aromatic rings. The summed E-state index contributed by atoms with van der Waals surface area (Å²) in [6.45, 7) is 6.78. The molecule has 0 atom stereocenters. The fourth-order valence-corrected chi connectivity index (χ4v) is 5.27. The van der Waals surface area contributed by atoms with Crippen LogP contribution in [-0.2, 0) is 11.8 Å². The highest BCUT2D eigenvalue weighted by molar-refractivity contribution is 7.20. The van der Waals surface area contributed by atoms with Crippen LogP contribution in [0.1, 0.15) is 48.8 Å². The average Bonchev–Trinajstić information content (AvgIpc) is 3.11. The molecule has 0 nitrogen and oxygen atoms in total. The maximum absolute atomic E-state index is 2.44. The fourth-order valence-electron chi connectivity index (χ4n) is 4.13. The third-order valence-electron chi connectivity index (χ3n) is 5.68. The monoisotopic (exact) mass is 396 g/mol. The Hall–Kier alpha value is -2.64. The highest BCUT2D eigenvalue weighted by Crippen LogP contribution is 2.40. The van der Waals surface area contributed by atoms with Gasteiger partial charge in [-0.2, -0.15) is 0 Å². The maximum Gasteiger partial charge on any atom is 0.0361 e. The summed E-state index contributed by atoms with van der Waals surface area (Å²) in [6, 6.07) is 17.7. The Morgan fingerprint density at radius 3 is 2.62 bits per heavy atom. The van der Waals surface area contributed by atoms with Crippen molar-refractivity contribution in [3.63, 3.8) is 0 Å². The van der Waals surface area contributed by atoms with Gasteiger partial charge in [-0.3, -0.25) is 0 Å². The van der Waals surface area contributed by atoms with E-state index in [2.05, 4.69) is 112 Å². The van der Waals surface area contributed by atoms with E-state index in [1.807, 2.05) is 11.3 Å². The van der Waals surface area contributed by atoms with Gasteiger partial charge in [0.1, 0.15) is 0 Å². The number of fused-ring (bicyclic) bond motifs is 2. The van der Waals surface area contributed by atoms with Crippen molar-refractivity contribution in [3.05, 3.63) is 107 Å². The zero-order valence-electron chi connectivity index (χ0n) is 17.5.